The van der Waals surface area contributed by atoms with Gasteiger partial charge in [-0.2, -0.15) is 0 Å². The number of benzene rings is 1. The van der Waals surface area contributed by atoms with Gasteiger partial charge in [0.25, 0.3) is 0 Å². The first-order valence-electron chi connectivity index (χ1n) is 6.52. The van der Waals surface area contributed by atoms with Gasteiger partial charge < -0.3 is 10.4 Å². The number of hydrogen-bond donors (Lipinski definition) is 2. The number of carboxylic acids is 1. The van der Waals surface area contributed by atoms with Crippen LogP contribution in [-0.4, -0.2) is 23.7 Å². The zero-order valence-corrected chi connectivity index (χ0v) is 11.0. The van der Waals surface area contributed by atoms with Crippen LogP contribution in [0.5, 0.6) is 0 Å². The number of rotatable bonds is 6. The van der Waals surface area contributed by atoms with Gasteiger partial charge in [-0.15, -0.1) is 0 Å². The third-order valence-corrected chi connectivity index (χ3v) is 3.68. The predicted molar refractivity (Wildman–Crippen MR) is 71.6 cm³/mol. The molecule has 2 N–H and O–H groups in total. The molecule has 3 nitrogen and oxygen atoms in total. The maximum Gasteiger partial charge on any atom is 0.320 e. The van der Waals surface area contributed by atoms with E-state index >= 15 is 0 Å². The van der Waals surface area contributed by atoms with E-state index < -0.39 is 5.97 Å². The van der Waals surface area contributed by atoms with Crippen LogP contribution in [-0.2, 0) is 10.2 Å². The number of carbonyl (C=O) groups is 1. The highest BCUT2D eigenvalue weighted by Gasteiger charge is 2.37. The highest BCUT2D eigenvalue weighted by molar-refractivity contribution is 5.74. The maximum atomic E-state index is 11.2. The number of carboxylic acid groups (broad SMARTS) is 1. The molecule has 1 aromatic rings. The molecule has 98 valence electrons. The van der Waals surface area contributed by atoms with Crippen molar-refractivity contribution in [1.29, 1.82) is 0 Å². The molecule has 0 heterocycles. The standard InChI is InChI=1S/C15H21NO2/c1-15(2,12-6-4-3-5-7-12)10-16-13(14(17)18)11-8-9-11/h3-7,11,13,16H,8-10H2,1-2H3,(H,17,18). The summed E-state index contributed by atoms with van der Waals surface area (Å²) >= 11 is 0. The minimum atomic E-state index is -0.721. The second-order valence-electron chi connectivity index (χ2n) is 5.78. The molecule has 0 aromatic heterocycles. The van der Waals surface area contributed by atoms with Gasteiger partial charge in [0, 0.05) is 12.0 Å². The van der Waals surface area contributed by atoms with Crippen molar-refractivity contribution < 1.29 is 9.90 Å². The van der Waals surface area contributed by atoms with Crippen LogP contribution in [0.1, 0.15) is 32.3 Å². The Kier molecular flexibility index (Phi) is 3.71. The molecular formula is C15H21NO2. The quantitative estimate of drug-likeness (QED) is 0.811. The van der Waals surface area contributed by atoms with Gasteiger partial charge in [0.15, 0.2) is 0 Å². The Morgan fingerprint density at radius 3 is 2.50 bits per heavy atom. The largest absolute Gasteiger partial charge is 0.480 e. The highest BCUT2D eigenvalue weighted by Crippen LogP contribution is 2.33. The Labute approximate surface area is 108 Å². The fourth-order valence-electron chi connectivity index (χ4n) is 2.24. The summed E-state index contributed by atoms with van der Waals surface area (Å²) in [6.07, 6.45) is 2.07. The molecule has 2 rings (SSSR count). The monoisotopic (exact) mass is 247 g/mol. The van der Waals surface area contributed by atoms with Crippen molar-refractivity contribution in [2.45, 2.75) is 38.1 Å². The van der Waals surface area contributed by atoms with E-state index in [-0.39, 0.29) is 11.5 Å². The topological polar surface area (TPSA) is 49.3 Å². The second-order valence-corrected chi connectivity index (χ2v) is 5.78. The van der Waals surface area contributed by atoms with Gasteiger partial charge in [-0.05, 0) is 24.3 Å². The average molecular weight is 247 g/mol. The Balaban J connectivity index is 1.98. The van der Waals surface area contributed by atoms with Gasteiger partial charge in [0.1, 0.15) is 6.04 Å². The number of aliphatic carboxylic acids is 1. The molecule has 1 unspecified atom stereocenters. The first kappa shape index (κ1) is 13.1. The predicted octanol–water partition coefficient (Wildman–Crippen LogP) is 2.42. The van der Waals surface area contributed by atoms with Crippen LogP contribution in [0.3, 0.4) is 0 Å². The highest BCUT2D eigenvalue weighted by atomic mass is 16.4. The molecule has 0 spiro atoms. The van der Waals surface area contributed by atoms with E-state index in [1.54, 1.807) is 0 Å². The van der Waals surface area contributed by atoms with Gasteiger partial charge >= 0.3 is 5.97 Å². The summed E-state index contributed by atoms with van der Waals surface area (Å²) in [4.78, 5) is 11.2. The second kappa shape index (κ2) is 5.11. The Hall–Kier alpha value is -1.35. The van der Waals surface area contributed by atoms with E-state index in [0.717, 1.165) is 12.8 Å². The van der Waals surface area contributed by atoms with Crippen LogP contribution in [0.25, 0.3) is 0 Å². The molecule has 1 aliphatic carbocycles. The normalized spacial score (nSPS) is 17.4. The third-order valence-electron chi connectivity index (χ3n) is 3.68. The van der Waals surface area contributed by atoms with Gasteiger partial charge in [-0.25, -0.2) is 0 Å². The summed E-state index contributed by atoms with van der Waals surface area (Å²) in [5.74, 6) is -0.393. The maximum absolute atomic E-state index is 11.2. The van der Waals surface area contributed by atoms with Crippen molar-refractivity contribution >= 4 is 5.97 Å². The Morgan fingerprint density at radius 1 is 1.39 bits per heavy atom. The molecule has 1 saturated carbocycles. The van der Waals surface area contributed by atoms with Crippen molar-refractivity contribution in [3.8, 4) is 0 Å². The fourth-order valence-corrected chi connectivity index (χ4v) is 2.24. The smallest absolute Gasteiger partial charge is 0.320 e. The lowest BCUT2D eigenvalue weighted by atomic mass is 9.84. The lowest BCUT2D eigenvalue weighted by molar-refractivity contribution is -0.140. The average Bonchev–Trinajstić information content (AvgIpc) is 3.14. The fraction of sp³-hybridized carbons (Fsp3) is 0.533. The minimum absolute atomic E-state index is 0.0517. The van der Waals surface area contributed by atoms with E-state index in [9.17, 15) is 9.90 Å². The van der Waals surface area contributed by atoms with Crippen LogP contribution in [0, 0.1) is 5.92 Å². The number of hydrogen-bond acceptors (Lipinski definition) is 2. The molecule has 3 heteroatoms. The molecule has 18 heavy (non-hydrogen) atoms. The van der Waals surface area contributed by atoms with Crippen LogP contribution in [0.4, 0.5) is 0 Å². The molecule has 1 aromatic carbocycles. The van der Waals surface area contributed by atoms with Crippen molar-refractivity contribution in [3.05, 3.63) is 35.9 Å². The van der Waals surface area contributed by atoms with Crippen LogP contribution >= 0.6 is 0 Å². The zero-order valence-electron chi connectivity index (χ0n) is 11.0. The van der Waals surface area contributed by atoms with Gasteiger partial charge in [-0.1, -0.05) is 44.2 Å². The van der Waals surface area contributed by atoms with Crippen LogP contribution in [0.2, 0.25) is 0 Å². The van der Waals surface area contributed by atoms with Gasteiger partial charge in [-0.3, -0.25) is 4.79 Å². The zero-order chi connectivity index (χ0) is 13.2. The van der Waals surface area contributed by atoms with Crippen LogP contribution in [0.15, 0.2) is 30.3 Å². The molecule has 0 radical (unpaired) electrons. The summed E-state index contributed by atoms with van der Waals surface area (Å²) in [5.41, 5.74) is 1.18. The summed E-state index contributed by atoms with van der Waals surface area (Å²) in [6, 6.07) is 9.84. The molecule has 1 aliphatic rings. The molecule has 0 amide bonds. The lowest BCUT2D eigenvalue weighted by Gasteiger charge is -2.27. The SMILES string of the molecule is CC(C)(CNC(C(=O)O)C1CC1)c1ccccc1. The molecule has 0 bridgehead atoms. The molecular weight excluding hydrogens is 226 g/mol. The van der Waals surface area contributed by atoms with Gasteiger partial charge in [0.2, 0.25) is 0 Å². The van der Waals surface area contributed by atoms with E-state index in [0.29, 0.717) is 12.5 Å². The summed E-state index contributed by atoms with van der Waals surface area (Å²) in [6.45, 7) is 4.97. The molecule has 0 aliphatic heterocycles. The van der Waals surface area contributed by atoms with E-state index in [4.69, 9.17) is 0 Å². The van der Waals surface area contributed by atoms with Crippen LogP contribution < -0.4 is 5.32 Å². The summed E-state index contributed by atoms with van der Waals surface area (Å²) in [7, 11) is 0. The molecule has 1 fully saturated rings. The first-order valence-corrected chi connectivity index (χ1v) is 6.52. The molecule has 0 saturated heterocycles. The van der Waals surface area contributed by atoms with E-state index in [1.165, 1.54) is 5.56 Å². The summed E-state index contributed by atoms with van der Waals surface area (Å²) < 4.78 is 0. The Bertz CT molecular complexity index is 410. The summed E-state index contributed by atoms with van der Waals surface area (Å²) in [5, 5.41) is 12.4. The minimum Gasteiger partial charge on any atom is -0.480 e. The van der Waals surface area contributed by atoms with E-state index in [2.05, 4.69) is 31.3 Å². The molecule has 1 atom stereocenters. The van der Waals surface area contributed by atoms with Crippen molar-refractivity contribution in [1.82, 2.24) is 5.32 Å². The van der Waals surface area contributed by atoms with Crippen molar-refractivity contribution in [2.75, 3.05) is 6.54 Å². The number of nitrogens with one attached hydrogen (secondary N) is 1. The van der Waals surface area contributed by atoms with Crippen molar-refractivity contribution in [2.24, 2.45) is 5.92 Å². The van der Waals surface area contributed by atoms with Gasteiger partial charge in [0.05, 0.1) is 0 Å². The third kappa shape index (κ3) is 3.10. The lowest BCUT2D eigenvalue weighted by Crippen LogP contribution is -2.44. The van der Waals surface area contributed by atoms with E-state index in [1.807, 2.05) is 18.2 Å². The first-order chi connectivity index (χ1) is 8.50. The Morgan fingerprint density at radius 2 is 2.00 bits per heavy atom. The van der Waals surface area contributed by atoms with Crippen molar-refractivity contribution in [3.63, 3.8) is 0 Å².